The van der Waals surface area contributed by atoms with Crippen molar-refractivity contribution in [1.82, 2.24) is 14.7 Å². The molecule has 0 spiro atoms. The Hall–Kier alpha value is -2.17. The van der Waals surface area contributed by atoms with Gasteiger partial charge in [0.15, 0.2) is 6.17 Å². The predicted molar refractivity (Wildman–Crippen MR) is 96.4 cm³/mol. The summed E-state index contributed by atoms with van der Waals surface area (Å²) >= 11 is 0. The van der Waals surface area contributed by atoms with Crippen molar-refractivity contribution in [3.05, 3.63) is 24.3 Å². The Kier molecular flexibility index (Phi) is 5.83. The number of carbonyl (C=O) groups is 2. The Morgan fingerprint density at radius 1 is 1.30 bits per heavy atom. The maximum Gasteiger partial charge on any atom is 0.282 e. The molecular formula is C17H25N3O6S. The third-order valence-corrected chi connectivity index (χ3v) is 6.28. The fourth-order valence-corrected chi connectivity index (χ4v) is 4.78. The molecule has 27 heavy (non-hydrogen) atoms. The van der Waals surface area contributed by atoms with Gasteiger partial charge in [-0.15, -0.1) is 0 Å². The number of amides is 2. The fourth-order valence-electron chi connectivity index (χ4n) is 3.07. The van der Waals surface area contributed by atoms with Gasteiger partial charge in [0.05, 0.1) is 17.4 Å². The number of rotatable bonds is 5. The number of ether oxygens (including phenoxy) is 1. The van der Waals surface area contributed by atoms with E-state index in [1.807, 2.05) is 0 Å². The summed E-state index contributed by atoms with van der Waals surface area (Å²) in [6.45, 7) is 6.38. The number of carbonyl (C=O) groups excluding carboxylic acids is 2. The quantitative estimate of drug-likeness (QED) is 0.559. The Labute approximate surface area is 158 Å². The summed E-state index contributed by atoms with van der Waals surface area (Å²) in [4.78, 5) is 26.3. The van der Waals surface area contributed by atoms with Crippen molar-refractivity contribution in [2.24, 2.45) is 5.41 Å². The number of hydroxylamine groups is 1. The number of hydrogen-bond donors (Lipinski definition) is 2. The van der Waals surface area contributed by atoms with Gasteiger partial charge in [-0.3, -0.25) is 14.8 Å². The van der Waals surface area contributed by atoms with Gasteiger partial charge in [0.1, 0.15) is 5.75 Å². The van der Waals surface area contributed by atoms with Crippen LogP contribution in [0.2, 0.25) is 0 Å². The molecule has 0 aliphatic carbocycles. The molecule has 0 radical (unpaired) electrons. The normalized spacial score (nSPS) is 20.6. The second-order valence-corrected chi connectivity index (χ2v) is 9.16. The van der Waals surface area contributed by atoms with Gasteiger partial charge in [0.2, 0.25) is 15.9 Å². The van der Waals surface area contributed by atoms with E-state index < -0.39 is 33.6 Å². The highest BCUT2D eigenvalue weighted by Crippen LogP contribution is 2.35. The zero-order valence-corrected chi connectivity index (χ0v) is 16.8. The third kappa shape index (κ3) is 3.78. The average Bonchev–Trinajstić information content (AvgIpc) is 2.62. The summed E-state index contributed by atoms with van der Waals surface area (Å²) in [5.74, 6) is -0.881. The van der Waals surface area contributed by atoms with E-state index in [1.165, 1.54) is 41.8 Å². The molecule has 2 amide bonds. The highest BCUT2D eigenvalue weighted by atomic mass is 32.2. The van der Waals surface area contributed by atoms with Crippen LogP contribution in [0.15, 0.2) is 29.2 Å². The molecule has 150 valence electrons. The lowest BCUT2D eigenvalue weighted by molar-refractivity contribution is -0.165. The summed E-state index contributed by atoms with van der Waals surface area (Å²) in [5, 5.41) is 9.15. The molecule has 1 unspecified atom stereocenters. The van der Waals surface area contributed by atoms with Gasteiger partial charge in [-0.2, -0.15) is 4.31 Å². The maximum atomic E-state index is 13.3. The SMILES string of the molecule is COc1ccc(S(=O)(=O)N2CC(C)(C)C(=O)N(C(C)C)C2C(=O)NO)cc1. The van der Waals surface area contributed by atoms with Gasteiger partial charge in [-0.1, -0.05) is 0 Å². The molecule has 1 saturated heterocycles. The van der Waals surface area contributed by atoms with E-state index in [0.717, 1.165) is 4.31 Å². The van der Waals surface area contributed by atoms with E-state index in [0.29, 0.717) is 5.75 Å². The maximum absolute atomic E-state index is 13.3. The molecule has 9 nitrogen and oxygen atoms in total. The van der Waals surface area contributed by atoms with E-state index in [2.05, 4.69) is 0 Å². The molecule has 1 heterocycles. The summed E-state index contributed by atoms with van der Waals surface area (Å²) < 4.78 is 32.5. The van der Waals surface area contributed by atoms with Crippen LogP contribution in [0.4, 0.5) is 0 Å². The first kappa shape index (κ1) is 21.1. The van der Waals surface area contributed by atoms with Crippen molar-refractivity contribution in [3.63, 3.8) is 0 Å². The lowest BCUT2D eigenvalue weighted by Gasteiger charge is -2.49. The molecule has 1 aliphatic heterocycles. The lowest BCUT2D eigenvalue weighted by atomic mass is 9.88. The molecule has 0 bridgehead atoms. The van der Waals surface area contributed by atoms with Gasteiger partial charge in [0.25, 0.3) is 5.91 Å². The first-order chi connectivity index (χ1) is 12.5. The predicted octanol–water partition coefficient (Wildman–Crippen LogP) is 0.794. The molecule has 1 fully saturated rings. The number of nitrogens with one attached hydrogen (secondary N) is 1. The molecule has 1 aromatic carbocycles. The Bertz CT molecular complexity index is 820. The zero-order chi connectivity index (χ0) is 20.6. The van der Waals surface area contributed by atoms with Crippen LogP contribution in [0, 0.1) is 5.41 Å². The van der Waals surface area contributed by atoms with Crippen LogP contribution < -0.4 is 10.2 Å². The van der Waals surface area contributed by atoms with Gasteiger partial charge in [-0.25, -0.2) is 13.9 Å². The van der Waals surface area contributed by atoms with Crippen LogP contribution in [0.3, 0.4) is 0 Å². The molecule has 0 saturated carbocycles. The standard InChI is InChI=1S/C17H25N3O6S/c1-11(2)20-15(14(21)18-23)19(10-17(3,4)16(20)22)27(24,25)13-8-6-12(26-5)7-9-13/h6-9,11,15,23H,10H2,1-5H3,(H,18,21). The number of sulfonamides is 1. The van der Waals surface area contributed by atoms with E-state index >= 15 is 0 Å². The van der Waals surface area contributed by atoms with Crippen LogP contribution in [0.1, 0.15) is 27.7 Å². The molecule has 1 aliphatic rings. The second kappa shape index (κ2) is 7.45. The molecule has 2 N–H and O–H groups in total. The molecule has 1 aromatic rings. The number of nitrogens with zero attached hydrogens (tertiary/aromatic N) is 2. The minimum absolute atomic E-state index is 0.0482. The molecule has 10 heteroatoms. The second-order valence-electron chi connectivity index (χ2n) is 7.27. The highest BCUT2D eigenvalue weighted by Gasteiger charge is 2.53. The van der Waals surface area contributed by atoms with Crippen LogP contribution in [-0.4, -0.2) is 60.5 Å². The van der Waals surface area contributed by atoms with Crippen molar-refractivity contribution in [3.8, 4) is 5.75 Å². The fraction of sp³-hybridized carbons (Fsp3) is 0.529. The van der Waals surface area contributed by atoms with Gasteiger partial charge in [-0.05, 0) is 52.0 Å². The van der Waals surface area contributed by atoms with E-state index in [4.69, 9.17) is 9.94 Å². The zero-order valence-electron chi connectivity index (χ0n) is 16.0. The van der Waals surface area contributed by atoms with Crippen molar-refractivity contribution < 1.29 is 28.0 Å². The number of hydrogen-bond acceptors (Lipinski definition) is 6. The first-order valence-corrected chi connectivity index (χ1v) is 9.84. The Balaban J connectivity index is 2.61. The summed E-state index contributed by atoms with van der Waals surface area (Å²) in [5.41, 5.74) is 0.435. The minimum atomic E-state index is -4.14. The van der Waals surface area contributed by atoms with Crippen molar-refractivity contribution >= 4 is 21.8 Å². The van der Waals surface area contributed by atoms with E-state index in [9.17, 15) is 18.0 Å². The number of benzene rings is 1. The summed E-state index contributed by atoms with van der Waals surface area (Å²) in [6.07, 6.45) is -1.50. The molecular weight excluding hydrogens is 374 g/mol. The summed E-state index contributed by atoms with van der Waals surface area (Å²) in [6, 6.07) is 5.26. The first-order valence-electron chi connectivity index (χ1n) is 8.40. The smallest absolute Gasteiger partial charge is 0.282 e. The molecule has 1 atom stereocenters. The van der Waals surface area contributed by atoms with Gasteiger partial charge in [0, 0.05) is 12.6 Å². The van der Waals surface area contributed by atoms with Crippen LogP contribution in [0.25, 0.3) is 0 Å². The number of methoxy groups -OCH3 is 1. The molecule has 2 rings (SSSR count). The topological polar surface area (TPSA) is 116 Å². The van der Waals surface area contributed by atoms with Crippen molar-refractivity contribution in [1.29, 1.82) is 0 Å². The summed E-state index contributed by atoms with van der Waals surface area (Å²) in [7, 11) is -2.68. The lowest BCUT2D eigenvalue weighted by Crippen LogP contribution is -2.69. The molecule has 0 aromatic heterocycles. The highest BCUT2D eigenvalue weighted by molar-refractivity contribution is 7.89. The largest absolute Gasteiger partial charge is 0.497 e. The third-order valence-electron chi connectivity index (χ3n) is 4.47. The van der Waals surface area contributed by atoms with Gasteiger partial charge < -0.3 is 9.64 Å². The monoisotopic (exact) mass is 399 g/mol. The van der Waals surface area contributed by atoms with Crippen molar-refractivity contribution in [2.75, 3.05) is 13.7 Å². The van der Waals surface area contributed by atoms with Crippen LogP contribution in [0.5, 0.6) is 5.75 Å². The Morgan fingerprint density at radius 2 is 1.85 bits per heavy atom. The van der Waals surface area contributed by atoms with E-state index in [-0.39, 0.29) is 17.3 Å². The minimum Gasteiger partial charge on any atom is -0.497 e. The van der Waals surface area contributed by atoms with E-state index in [1.54, 1.807) is 27.7 Å². The average molecular weight is 399 g/mol. The van der Waals surface area contributed by atoms with Crippen molar-refractivity contribution in [2.45, 2.75) is 44.8 Å². The van der Waals surface area contributed by atoms with Crippen LogP contribution >= 0.6 is 0 Å². The Morgan fingerprint density at radius 3 is 2.30 bits per heavy atom. The van der Waals surface area contributed by atoms with Gasteiger partial charge >= 0.3 is 0 Å². The van der Waals surface area contributed by atoms with Crippen LogP contribution in [-0.2, 0) is 19.6 Å².